The fraction of sp³-hybridized carbons (Fsp3) is 0.348. The van der Waals surface area contributed by atoms with E-state index in [-0.39, 0.29) is 16.9 Å². The number of unbranched alkanes of at least 4 members (excludes halogenated alkanes) is 1. The number of benzene rings is 2. The van der Waals surface area contributed by atoms with E-state index in [1.165, 1.54) is 0 Å². The van der Waals surface area contributed by atoms with Gasteiger partial charge in [-0.1, -0.05) is 25.5 Å². The van der Waals surface area contributed by atoms with E-state index < -0.39 is 0 Å². The minimum absolute atomic E-state index is 0.0228. The molecule has 31 heavy (non-hydrogen) atoms. The molecular weight excluding hydrogens is 414 g/mol. The Bertz CT molecular complexity index is 911. The Balaban J connectivity index is 1.56. The third kappa shape index (κ3) is 6.50. The maximum absolute atomic E-state index is 12.6. The van der Waals surface area contributed by atoms with Gasteiger partial charge in [0.15, 0.2) is 5.11 Å². The van der Waals surface area contributed by atoms with Crippen molar-refractivity contribution in [3.8, 4) is 5.75 Å². The first-order valence-electron chi connectivity index (χ1n) is 10.4. The van der Waals surface area contributed by atoms with Gasteiger partial charge in [0.1, 0.15) is 5.75 Å². The first-order chi connectivity index (χ1) is 15.1. The molecule has 0 spiro atoms. The number of para-hydroxylation sites is 1. The fourth-order valence-electron chi connectivity index (χ4n) is 3.08. The number of amides is 2. The van der Waals surface area contributed by atoms with Crippen LogP contribution in [-0.2, 0) is 4.74 Å². The Hall–Kier alpha value is -2.97. The van der Waals surface area contributed by atoms with Gasteiger partial charge in [0.25, 0.3) is 11.8 Å². The van der Waals surface area contributed by atoms with E-state index in [2.05, 4.69) is 17.6 Å². The van der Waals surface area contributed by atoms with Crippen LogP contribution < -0.4 is 15.4 Å². The monoisotopic (exact) mass is 441 g/mol. The molecular formula is C23H27N3O4S. The lowest BCUT2D eigenvalue weighted by atomic mass is 10.1. The van der Waals surface area contributed by atoms with Crippen molar-refractivity contribution in [1.82, 2.24) is 10.2 Å². The minimum Gasteiger partial charge on any atom is -0.493 e. The number of thiocarbonyl (C=S) groups is 1. The van der Waals surface area contributed by atoms with Crippen LogP contribution in [0.3, 0.4) is 0 Å². The topological polar surface area (TPSA) is 79.9 Å². The van der Waals surface area contributed by atoms with E-state index >= 15 is 0 Å². The number of nitrogens with zero attached hydrogens (tertiary/aromatic N) is 1. The molecule has 2 aromatic carbocycles. The summed E-state index contributed by atoms with van der Waals surface area (Å²) in [5.74, 6) is 0.163. The van der Waals surface area contributed by atoms with Crippen molar-refractivity contribution in [3.05, 3.63) is 59.7 Å². The van der Waals surface area contributed by atoms with Gasteiger partial charge in [-0.3, -0.25) is 14.9 Å². The number of nitrogens with one attached hydrogen (secondary N) is 2. The molecule has 1 aliphatic rings. The Morgan fingerprint density at radius 1 is 1.10 bits per heavy atom. The molecule has 1 aliphatic heterocycles. The standard InChI is InChI=1S/C23H27N3O4S/c1-2-3-14-30-20-7-5-4-6-19(20)21(27)25-23(31)24-18-10-8-17(9-11-18)22(28)26-12-15-29-16-13-26/h4-11H,2-3,12-16H2,1H3,(H2,24,25,27,31). The number of carbonyl (C=O) groups is 2. The largest absolute Gasteiger partial charge is 0.493 e. The summed E-state index contributed by atoms with van der Waals surface area (Å²) in [6.45, 7) is 4.95. The average Bonchev–Trinajstić information content (AvgIpc) is 2.80. The summed E-state index contributed by atoms with van der Waals surface area (Å²) in [7, 11) is 0. The highest BCUT2D eigenvalue weighted by atomic mass is 32.1. The summed E-state index contributed by atoms with van der Waals surface area (Å²) in [5.41, 5.74) is 1.70. The number of carbonyl (C=O) groups excluding carboxylic acids is 2. The average molecular weight is 442 g/mol. The van der Waals surface area contributed by atoms with Crippen molar-refractivity contribution in [3.63, 3.8) is 0 Å². The lowest BCUT2D eigenvalue weighted by Gasteiger charge is -2.26. The molecule has 0 aromatic heterocycles. The molecule has 2 aromatic rings. The number of rotatable bonds is 7. The van der Waals surface area contributed by atoms with Gasteiger partial charge in [0.2, 0.25) is 0 Å². The smallest absolute Gasteiger partial charge is 0.261 e. The van der Waals surface area contributed by atoms with Crippen molar-refractivity contribution in [1.29, 1.82) is 0 Å². The zero-order valence-electron chi connectivity index (χ0n) is 17.6. The molecule has 2 amide bonds. The highest BCUT2D eigenvalue weighted by molar-refractivity contribution is 7.80. The van der Waals surface area contributed by atoms with Crippen LogP contribution in [0.25, 0.3) is 0 Å². The lowest BCUT2D eigenvalue weighted by molar-refractivity contribution is 0.0303. The first-order valence-corrected chi connectivity index (χ1v) is 10.8. The van der Waals surface area contributed by atoms with E-state index in [4.69, 9.17) is 21.7 Å². The van der Waals surface area contributed by atoms with Crippen LogP contribution in [0.5, 0.6) is 5.75 Å². The molecule has 0 atom stereocenters. The van der Waals surface area contributed by atoms with Gasteiger partial charge in [-0.05, 0) is 55.0 Å². The van der Waals surface area contributed by atoms with Crippen LogP contribution in [0.15, 0.2) is 48.5 Å². The van der Waals surface area contributed by atoms with Crippen molar-refractivity contribution >= 4 is 34.8 Å². The summed E-state index contributed by atoms with van der Waals surface area (Å²) in [6.07, 6.45) is 1.93. The zero-order valence-corrected chi connectivity index (χ0v) is 18.4. The summed E-state index contributed by atoms with van der Waals surface area (Å²) in [4.78, 5) is 26.9. The summed E-state index contributed by atoms with van der Waals surface area (Å²) >= 11 is 5.28. The maximum atomic E-state index is 12.6. The number of hydrogen-bond donors (Lipinski definition) is 2. The summed E-state index contributed by atoms with van der Waals surface area (Å²) in [6, 6.07) is 14.1. The number of morpholine rings is 1. The molecule has 1 heterocycles. The first kappa shape index (κ1) is 22.7. The maximum Gasteiger partial charge on any atom is 0.261 e. The molecule has 0 unspecified atom stereocenters. The van der Waals surface area contributed by atoms with Gasteiger partial charge in [0.05, 0.1) is 25.4 Å². The lowest BCUT2D eigenvalue weighted by Crippen LogP contribution is -2.40. The molecule has 164 valence electrons. The highest BCUT2D eigenvalue weighted by Gasteiger charge is 2.18. The van der Waals surface area contributed by atoms with Crippen LogP contribution >= 0.6 is 12.2 Å². The number of ether oxygens (including phenoxy) is 2. The zero-order chi connectivity index (χ0) is 22.1. The quantitative estimate of drug-likeness (QED) is 0.506. The third-order valence-electron chi connectivity index (χ3n) is 4.80. The summed E-state index contributed by atoms with van der Waals surface area (Å²) in [5, 5.41) is 5.82. The number of anilines is 1. The SMILES string of the molecule is CCCCOc1ccccc1C(=O)NC(=S)Nc1ccc(C(=O)N2CCOCC2)cc1. The van der Waals surface area contributed by atoms with Crippen LogP contribution in [0.1, 0.15) is 40.5 Å². The van der Waals surface area contributed by atoms with Gasteiger partial charge >= 0.3 is 0 Å². The normalized spacial score (nSPS) is 13.4. The van der Waals surface area contributed by atoms with Crippen LogP contribution in [0.4, 0.5) is 5.69 Å². The molecule has 0 radical (unpaired) electrons. The molecule has 3 rings (SSSR count). The van der Waals surface area contributed by atoms with Crippen molar-refractivity contribution < 1.29 is 19.1 Å². The predicted molar refractivity (Wildman–Crippen MR) is 124 cm³/mol. The second-order valence-electron chi connectivity index (χ2n) is 7.09. The molecule has 7 nitrogen and oxygen atoms in total. The highest BCUT2D eigenvalue weighted by Crippen LogP contribution is 2.18. The van der Waals surface area contributed by atoms with Gasteiger partial charge < -0.3 is 19.7 Å². The van der Waals surface area contributed by atoms with Crippen LogP contribution in [-0.4, -0.2) is 54.7 Å². The van der Waals surface area contributed by atoms with E-state index in [1.807, 2.05) is 6.07 Å². The summed E-state index contributed by atoms with van der Waals surface area (Å²) < 4.78 is 11.0. The van der Waals surface area contributed by atoms with E-state index in [1.54, 1.807) is 47.4 Å². The second-order valence-corrected chi connectivity index (χ2v) is 7.50. The molecule has 0 bridgehead atoms. The number of hydrogen-bond acceptors (Lipinski definition) is 5. The van der Waals surface area contributed by atoms with Crippen molar-refractivity contribution in [2.75, 3.05) is 38.2 Å². The Labute approximate surface area is 187 Å². The fourth-order valence-corrected chi connectivity index (χ4v) is 3.30. The van der Waals surface area contributed by atoms with Crippen molar-refractivity contribution in [2.24, 2.45) is 0 Å². The van der Waals surface area contributed by atoms with E-state index in [0.717, 1.165) is 12.8 Å². The molecule has 0 saturated carbocycles. The third-order valence-corrected chi connectivity index (χ3v) is 5.01. The molecule has 2 N–H and O–H groups in total. The Morgan fingerprint density at radius 3 is 2.52 bits per heavy atom. The van der Waals surface area contributed by atoms with Crippen LogP contribution in [0, 0.1) is 0 Å². The molecule has 1 fully saturated rings. The van der Waals surface area contributed by atoms with Gasteiger partial charge in [0, 0.05) is 24.3 Å². The van der Waals surface area contributed by atoms with E-state index in [9.17, 15) is 9.59 Å². The second kappa shape index (κ2) is 11.4. The molecule has 0 aliphatic carbocycles. The van der Waals surface area contributed by atoms with Crippen molar-refractivity contribution in [2.45, 2.75) is 19.8 Å². The van der Waals surface area contributed by atoms with Crippen LogP contribution in [0.2, 0.25) is 0 Å². The molecule has 8 heteroatoms. The van der Waals surface area contributed by atoms with Gasteiger partial charge in [-0.2, -0.15) is 0 Å². The molecule has 1 saturated heterocycles. The Morgan fingerprint density at radius 2 is 1.81 bits per heavy atom. The Kier molecular flexibility index (Phi) is 8.37. The van der Waals surface area contributed by atoms with E-state index in [0.29, 0.717) is 55.5 Å². The van der Waals surface area contributed by atoms with Gasteiger partial charge in [-0.25, -0.2) is 0 Å². The minimum atomic E-state index is -0.344. The predicted octanol–water partition coefficient (Wildman–Crippen LogP) is 3.46. The van der Waals surface area contributed by atoms with Gasteiger partial charge in [-0.15, -0.1) is 0 Å².